The summed E-state index contributed by atoms with van der Waals surface area (Å²) in [6.07, 6.45) is 9.38. The SMILES string of the molecule is CCOCC(=O)N(c1cnc(-c2cnn(C)c2)cn1)[C@H]1CC[C@H](NC(=O)OC(C)(C)C)CC1. The quantitative estimate of drug-likeness (QED) is 0.679. The number of carbonyl (C=O) groups excluding carboxylic acids is 2. The van der Waals surface area contributed by atoms with E-state index in [4.69, 9.17) is 9.47 Å². The van der Waals surface area contributed by atoms with Crippen LogP contribution in [0.2, 0.25) is 0 Å². The maximum Gasteiger partial charge on any atom is 0.407 e. The number of amides is 2. The van der Waals surface area contributed by atoms with Crippen LogP contribution < -0.4 is 10.2 Å². The molecule has 2 heterocycles. The largest absolute Gasteiger partial charge is 0.444 e. The van der Waals surface area contributed by atoms with Gasteiger partial charge in [0.05, 0.1) is 24.3 Å². The number of anilines is 1. The fraction of sp³-hybridized carbons (Fsp3) is 0.609. The first-order valence-electron chi connectivity index (χ1n) is 11.4. The fourth-order valence-corrected chi connectivity index (χ4v) is 3.88. The second-order valence-electron chi connectivity index (χ2n) is 9.22. The number of alkyl carbamates (subject to hydrolysis) is 1. The number of hydrogen-bond acceptors (Lipinski definition) is 7. The minimum absolute atomic E-state index is 0.0129. The zero-order valence-electron chi connectivity index (χ0n) is 20.1. The van der Waals surface area contributed by atoms with Gasteiger partial charge in [0, 0.05) is 37.5 Å². The van der Waals surface area contributed by atoms with Crippen molar-refractivity contribution in [2.24, 2.45) is 7.05 Å². The molecule has 2 aromatic rings. The van der Waals surface area contributed by atoms with Crippen molar-refractivity contribution in [3.05, 3.63) is 24.8 Å². The lowest BCUT2D eigenvalue weighted by molar-refractivity contribution is -0.123. The van der Waals surface area contributed by atoms with Crippen molar-refractivity contribution in [3.63, 3.8) is 0 Å². The highest BCUT2D eigenvalue weighted by Crippen LogP contribution is 2.28. The van der Waals surface area contributed by atoms with Crippen LogP contribution in [-0.2, 0) is 21.3 Å². The van der Waals surface area contributed by atoms with E-state index in [2.05, 4.69) is 20.4 Å². The summed E-state index contributed by atoms with van der Waals surface area (Å²) in [5, 5.41) is 7.10. The topological polar surface area (TPSA) is 111 Å². The summed E-state index contributed by atoms with van der Waals surface area (Å²) < 4.78 is 12.4. The summed E-state index contributed by atoms with van der Waals surface area (Å²) in [7, 11) is 1.84. The van der Waals surface area contributed by atoms with Crippen molar-refractivity contribution < 1.29 is 19.1 Å². The highest BCUT2D eigenvalue weighted by atomic mass is 16.6. The van der Waals surface area contributed by atoms with Gasteiger partial charge in [-0.2, -0.15) is 5.10 Å². The molecule has 1 aliphatic carbocycles. The van der Waals surface area contributed by atoms with E-state index in [1.165, 1.54) is 0 Å². The Balaban J connectivity index is 1.69. The summed E-state index contributed by atoms with van der Waals surface area (Å²) in [6.45, 7) is 7.81. The lowest BCUT2D eigenvalue weighted by Crippen LogP contribution is -2.48. The van der Waals surface area contributed by atoms with Gasteiger partial charge in [0.2, 0.25) is 0 Å². The molecule has 1 N–H and O–H groups in total. The lowest BCUT2D eigenvalue weighted by Gasteiger charge is -2.36. The third kappa shape index (κ3) is 6.98. The lowest BCUT2D eigenvalue weighted by atomic mass is 9.90. The Hall–Kier alpha value is -3.01. The maximum absolute atomic E-state index is 13.0. The maximum atomic E-state index is 13.0. The normalized spacial score (nSPS) is 18.6. The van der Waals surface area contributed by atoms with Gasteiger partial charge >= 0.3 is 6.09 Å². The summed E-state index contributed by atoms with van der Waals surface area (Å²) in [5.74, 6) is 0.347. The first-order chi connectivity index (χ1) is 15.7. The molecule has 2 aromatic heterocycles. The summed E-state index contributed by atoms with van der Waals surface area (Å²) in [5.41, 5.74) is 1.01. The van der Waals surface area contributed by atoms with Crippen LogP contribution >= 0.6 is 0 Å². The Labute approximate surface area is 194 Å². The predicted molar refractivity (Wildman–Crippen MR) is 124 cm³/mol. The molecule has 10 nitrogen and oxygen atoms in total. The Morgan fingerprint density at radius 2 is 1.88 bits per heavy atom. The Kier molecular flexibility index (Phi) is 8.01. The molecule has 0 radical (unpaired) electrons. The van der Waals surface area contributed by atoms with Crippen LogP contribution in [0.5, 0.6) is 0 Å². The summed E-state index contributed by atoms with van der Waals surface area (Å²) >= 11 is 0. The van der Waals surface area contributed by atoms with Gasteiger partial charge in [-0.05, 0) is 53.4 Å². The summed E-state index contributed by atoms with van der Waals surface area (Å²) in [6, 6.07) is -0.0350. The standard InChI is InChI=1S/C23H34N6O4/c1-6-32-15-21(30)29(20-13-24-19(12-25-20)16-11-26-28(5)14-16)18-9-7-17(8-10-18)27-22(31)33-23(2,3)4/h11-14,17-18H,6-10,15H2,1-5H3,(H,27,31)/t17-,18-. The molecule has 0 saturated heterocycles. The third-order valence-electron chi connectivity index (χ3n) is 5.37. The molecule has 10 heteroatoms. The first-order valence-corrected chi connectivity index (χ1v) is 11.4. The van der Waals surface area contributed by atoms with Gasteiger partial charge in [-0.1, -0.05) is 0 Å². The molecule has 0 aromatic carbocycles. The second-order valence-corrected chi connectivity index (χ2v) is 9.22. The average molecular weight is 459 g/mol. The molecule has 0 bridgehead atoms. The molecule has 33 heavy (non-hydrogen) atoms. The Bertz CT molecular complexity index is 929. The van der Waals surface area contributed by atoms with Gasteiger partial charge in [0.1, 0.15) is 12.2 Å². The fourth-order valence-electron chi connectivity index (χ4n) is 3.88. The number of ether oxygens (including phenoxy) is 2. The molecule has 0 atom stereocenters. The van der Waals surface area contributed by atoms with Crippen LogP contribution in [0.25, 0.3) is 11.3 Å². The zero-order chi connectivity index (χ0) is 24.0. The van der Waals surface area contributed by atoms with Crippen molar-refractivity contribution in [1.29, 1.82) is 0 Å². The number of hydrogen-bond donors (Lipinski definition) is 1. The molecular weight excluding hydrogens is 424 g/mol. The molecule has 0 aliphatic heterocycles. The summed E-state index contributed by atoms with van der Waals surface area (Å²) in [4.78, 5) is 35.8. The van der Waals surface area contributed by atoms with E-state index >= 15 is 0 Å². The predicted octanol–water partition coefficient (Wildman–Crippen LogP) is 3.08. The number of aryl methyl sites for hydroxylation is 1. The molecule has 0 spiro atoms. The molecule has 1 saturated carbocycles. The Morgan fingerprint density at radius 1 is 1.15 bits per heavy atom. The second kappa shape index (κ2) is 10.7. The van der Waals surface area contributed by atoms with Crippen LogP contribution in [0, 0.1) is 0 Å². The minimum atomic E-state index is -0.537. The highest BCUT2D eigenvalue weighted by Gasteiger charge is 2.32. The average Bonchev–Trinajstić information content (AvgIpc) is 3.19. The van der Waals surface area contributed by atoms with Crippen LogP contribution in [0.1, 0.15) is 53.4 Å². The van der Waals surface area contributed by atoms with E-state index in [-0.39, 0.29) is 24.6 Å². The molecule has 3 rings (SSSR count). The van der Waals surface area contributed by atoms with Crippen molar-refractivity contribution in [3.8, 4) is 11.3 Å². The number of nitrogens with zero attached hydrogens (tertiary/aromatic N) is 5. The van der Waals surface area contributed by atoms with E-state index in [0.717, 1.165) is 31.2 Å². The van der Waals surface area contributed by atoms with Crippen molar-refractivity contribution in [2.45, 2.75) is 71.1 Å². The zero-order valence-corrected chi connectivity index (χ0v) is 20.1. The van der Waals surface area contributed by atoms with Gasteiger partial charge in [0.25, 0.3) is 5.91 Å². The van der Waals surface area contributed by atoms with Crippen molar-refractivity contribution in [2.75, 3.05) is 18.1 Å². The van der Waals surface area contributed by atoms with E-state index in [1.807, 2.05) is 40.9 Å². The molecule has 1 aliphatic rings. The number of nitrogens with one attached hydrogen (secondary N) is 1. The molecule has 1 fully saturated rings. The van der Waals surface area contributed by atoms with Gasteiger partial charge in [-0.25, -0.2) is 9.78 Å². The van der Waals surface area contributed by atoms with Crippen molar-refractivity contribution in [1.82, 2.24) is 25.1 Å². The van der Waals surface area contributed by atoms with E-state index in [9.17, 15) is 9.59 Å². The van der Waals surface area contributed by atoms with Crippen LogP contribution in [0.4, 0.5) is 10.6 Å². The molecule has 2 amide bonds. The minimum Gasteiger partial charge on any atom is -0.444 e. The van der Waals surface area contributed by atoms with Gasteiger partial charge in [-0.15, -0.1) is 0 Å². The Morgan fingerprint density at radius 3 is 2.42 bits per heavy atom. The number of rotatable bonds is 7. The van der Waals surface area contributed by atoms with Crippen LogP contribution in [0.3, 0.4) is 0 Å². The van der Waals surface area contributed by atoms with Gasteiger partial charge in [-0.3, -0.25) is 19.4 Å². The van der Waals surface area contributed by atoms with Gasteiger partial charge < -0.3 is 14.8 Å². The molecule has 0 unspecified atom stereocenters. The smallest absolute Gasteiger partial charge is 0.407 e. The number of aromatic nitrogens is 4. The van der Waals surface area contributed by atoms with Crippen LogP contribution in [0.15, 0.2) is 24.8 Å². The highest BCUT2D eigenvalue weighted by molar-refractivity contribution is 5.94. The molecular formula is C23H34N6O4. The van der Waals surface area contributed by atoms with E-state index in [0.29, 0.717) is 18.1 Å². The van der Waals surface area contributed by atoms with Crippen molar-refractivity contribution >= 4 is 17.8 Å². The first kappa shape index (κ1) is 24.6. The van der Waals surface area contributed by atoms with Gasteiger partial charge in [0.15, 0.2) is 5.82 Å². The third-order valence-corrected chi connectivity index (χ3v) is 5.37. The number of carbonyl (C=O) groups is 2. The van der Waals surface area contributed by atoms with Crippen LogP contribution in [-0.4, -0.2) is 62.6 Å². The molecule has 180 valence electrons. The monoisotopic (exact) mass is 458 g/mol. The van der Waals surface area contributed by atoms with E-state index in [1.54, 1.807) is 28.2 Å². The van der Waals surface area contributed by atoms with E-state index < -0.39 is 11.7 Å².